The average Bonchev–Trinajstić information content (AvgIpc) is 3.15. The molecule has 0 aliphatic heterocycles. The monoisotopic (exact) mass is 731 g/mol. The molecule has 0 aliphatic carbocycles. The lowest BCUT2D eigenvalue weighted by Crippen LogP contribution is -2.30. The van der Waals surface area contributed by atoms with Crippen LogP contribution in [0, 0.1) is 0 Å². The fourth-order valence-corrected chi connectivity index (χ4v) is 4.57. The minimum atomic E-state index is -0.862. The molecule has 0 saturated heterocycles. The van der Waals surface area contributed by atoms with Gasteiger partial charge in [-0.1, -0.05) is 142 Å². The van der Waals surface area contributed by atoms with E-state index in [9.17, 15) is 14.4 Å². The molecule has 0 radical (unpaired) electrons. The molecule has 0 aliphatic rings. The zero-order valence-electron chi connectivity index (χ0n) is 33.2. The van der Waals surface area contributed by atoms with E-state index in [-0.39, 0.29) is 44.4 Å². The topological polar surface area (TPSA) is 78.9 Å². The molecule has 6 nitrogen and oxygen atoms in total. The molecule has 0 amide bonds. The zero-order chi connectivity index (χ0) is 38.7. The van der Waals surface area contributed by atoms with E-state index in [0.717, 1.165) is 83.5 Å². The van der Waals surface area contributed by atoms with Crippen molar-refractivity contribution in [2.45, 2.75) is 142 Å². The lowest BCUT2D eigenvalue weighted by Gasteiger charge is -2.18. The molecule has 0 aromatic heterocycles. The van der Waals surface area contributed by atoms with Gasteiger partial charge in [0.1, 0.15) is 13.2 Å². The van der Waals surface area contributed by atoms with Gasteiger partial charge in [0.05, 0.1) is 6.42 Å². The SMILES string of the molecule is CC/C=C\C/C=C\C/C=C\C/C=C\C/C=C\CCCC(=O)OCC(COC(=O)CCCC/C=C\C/C=C\CC)OC(=O)C/C=C\C/C=C\C/C=C\CC. The molecule has 0 fully saturated rings. The van der Waals surface area contributed by atoms with Crippen LogP contribution in [0.1, 0.15) is 136 Å². The van der Waals surface area contributed by atoms with Crippen molar-refractivity contribution in [2.75, 3.05) is 13.2 Å². The maximum atomic E-state index is 12.5. The standard InChI is InChI=1S/C47H70O6/c1-4-7-10-13-16-19-20-21-22-23-24-25-26-29-31-34-37-40-46(49)52-43-44(53-47(50)41-38-35-32-28-18-15-12-9-6-3)42-51-45(48)39-36-33-30-27-17-14-11-8-5-2/h7-12,16-19,21-22,24-25,27-29,31,35,38,44H,4-6,13-15,20,23,26,30,32-34,36-37,39-43H2,1-3H3/b10-7-,11-8-,12-9-,19-16-,22-21-,25-24-,27-17-,28-18-,31-29-,38-35-. The smallest absolute Gasteiger partial charge is 0.310 e. The van der Waals surface area contributed by atoms with E-state index >= 15 is 0 Å². The summed E-state index contributed by atoms with van der Waals surface area (Å²) in [6, 6.07) is 0. The van der Waals surface area contributed by atoms with Crippen LogP contribution in [0.5, 0.6) is 0 Å². The third-order valence-corrected chi connectivity index (χ3v) is 7.48. The minimum Gasteiger partial charge on any atom is -0.462 e. The summed E-state index contributed by atoms with van der Waals surface area (Å²) < 4.78 is 16.4. The number of unbranched alkanes of at least 4 members (excludes halogenated alkanes) is 3. The Hall–Kier alpha value is -4.19. The molecular formula is C47H70O6. The molecule has 0 aromatic carbocycles. The lowest BCUT2D eigenvalue weighted by molar-refractivity contribution is -0.166. The Labute approximate surface area is 322 Å². The molecule has 1 unspecified atom stereocenters. The van der Waals surface area contributed by atoms with Gasteiger partial charge in [-0.05, 0) is 96.3 Å². The first kappa shape index (κ1) is 48.8. The second-order valence-corrected chi connectivity index (χ2v) is 12.4. The number of hydrogen-bond donors (Lipinski definition) is 0. The predicted octanol–water partition coefficient (Wildman–Crippen LogP) is 12.6. The Kier molecular flexibility index (Phi) is 37.4. The second-order valence-electron chi connectivity index (χ2n) is 12.4. The third kappa shape index (κ3) is 38.9. The van der Waals surface area contributed by atoms with Crippen LogP contribution in [0.3, 0.4) is 0 Å². The van der Waals surface area contributed by atoms with Crippen LogP contribution in [0.2, 0.25) is 0 Å². The highest BCUT2D eigenvalue weighted by molar-refractivity contribution is 5.72. The predicted molar refractivity (Wildman–Crippen MR) is 223 cm³/mol. The number of esters is 3. The summed E-state index contributed by atoms with van der Waals surface area (Å²) in [7, 11) is 0. The number of hydrogen-bond acceptors (Lipinski definition) is 6. The zero-order valence-corrected chi connectivity index (χ0v) is 33.2. The fraction of sp³-hybridized carbons (Fsp3) is 0.511. The molecule has 0 heterocycles. The number of carbonyl (C=O) groups excluding carboxylic acids is 3. The van der Waals surface area contributed by atoms with E-state index in [4.69, 9.17) is 14.2 Å². The normalized spacial score (nSPS) is 13.3. The molecule has 1 atom stereocenters. The van der Waals surface area contributed by atoms with Gasteiger partial charge in [0.25, 0.3) is 0 Å². The second kappa shape index (κ2) is 40.6. The molecule has 0 spiro atoms. The Morgan fingerprint density at radius 2 is 0.736 bits per heavy atom. The van der Waals surface area contributed by atoms with Crippen molar-refractivity contribution in [3.8, 4) is 0 Å². The maximum Gasteiger partial charge on any atom is 0.310 e. The number of carbonyl (C=O) groups is 3. The van der Waals surface area contributed by atoms with Crippen molar-refractivity contribution in [1.82, 2.24) is 0 Å². The van der Waals surface area contributed by atoms with Crippen molar-refractivity contribution >= 4 is 17.9 Å². The van der Waals surface area contributed by atoms with Gasteiger partial charge in [-0.15, -0.1) is 0 Å². The van der Waals surface area contributed by atoms with Gasteiger partial charge in [-0.25, -0.2) is 0 Å². The van der Waals surface area contributed by atoms with E-state index in [0.29, 0.717) is 12.8 Å². The molecule has 0 rings (SSSR count). The highest BCUT2D eigenvalue weighted by Gasteiger charge is 2.19. The van der Waals surface area contributed by atoms with Gasteiger partial charge in [0.15, 0.2) is 6.10 Å². The van der Waals surface area contributed by atoms with Crippen LogP contribution >= 0.6 is 0 Å². The highest BCUT2D eigenvalue weighted by Crippen LogP contribution is 2.07. The summed E-state index contributed by atoms with van der Waals surface area (Å²) in [5, 5.41) is 0. The van der Waals surface area contributed by atoms with Crippen LogP contribution < -0.4 is 0 Å². The van der Waals surface area contributed by atoms with E-state index in [1.54, 1.807) is 6.08 Å². The number of allylic oxidation sites excluding steroid dienone is 19. The van der Waals surface area contributed by atoms with Gasteiger partial charge in [-0.2, -0.15) is 0 Å². The third-order valence-electron chi connectivity index (χ3n) is 7.48. The van der Waals surface area contributed by atoms with Crippen molar-refractivity contribution in [3.05, 3.63) is 122 Å². The minimum absolute atomic E-state index is 0.0803. The summed E-state index contributed by atoms with van der Waals surface area (Å²) in [6.07, 6.45) is 55.2. The van der Waals surface area contributed by atoms with Crippen molar-refractivity contribution < 1.29 is 28.6 Å². The number of rotatable bonds is 33. The van der Waals surface area contributed by atoms with E-state index in [1.165, 1.54) is 0 Å². The largest absolute Gasteiger partial charge is 0.462 e. The first-order chi connectivity index (χ1) is 26.0. The van der Waals surface area contributed by atoms with Gasteiger partial charge in [0, 0.05) is 12.8 Å². The van der Waals surface area contributed by atoms with Gasteiger partial charge < -0.3 is 14.2 Å². The summed E-state index contributed by atoms with van der Waals surface area (Å²) in [5.74, 6) is -1.19. The van der Waals surface area contributed by atoms with Crippen molar-refractivity contribution in [2.24, 2.45) is 0 Å². The summed E-state index contributed by atoms with van der Waals surface area (Å²) in [4.78, 5) is 37.4. The van der Waals surface area contributed by atoms with Crippen LogP contribution in [-0.4, -0.2) is 37.2 Å². The van der Waals surface area contributed by atoms with E-state index < -0.39 is 12.1 Å². The lowest BCUT2D eigenvalue weighted by atomic mass is 10.2. The van der Waals surface area contributed by atoms with Crippen LogP contribution in [0.4, 0.5) is 0 Å². The molecule has 294 valence electrons. The molecule has 0 bridgehead atoms. The van der Waals surface area contributed by atoms with E-state index in [2.05, 4.69) is 124 Å². The molecule has 6 heteroatoms. The average molecular weight is 731 g/mol. The first-order valence-electron chi connectivity index (χ1n) is 20.0. The molecule has 53 heavy (non-hydrogen) atoms. The molecule has 0 N–H and O–H groups in total. The van der Waals surface area contributed by atoms with Gasteiger partial charge in [-0.3, -0.25) is 14.4 Å². The fourth-order valence-electron chi connectivity index (χ4n) is 4.57. The number of ether oxygens (including phenoxy) is 3. The Balaban J connectivity index is 4.57. The summed E-state index contributed by atoms with van der Waals surface area (Å²) in [5.41, 5.74) is 0. The molecule has 0 aromatic rings. The first-order valence-corrected chi connectivity index (χ1v) is 20.0. The Morgan fingerprint density at radius 1 is 0.396 bits per heavy atom. The Bertz CT molecular complexity index is 1210. The van der Waals surface area contributed by atoms with Crippen LogP contribution in [-0.2, 0) is 28.6 Å². The van der Waals surface area contributed by atoms with Gasteiger partial charge in [0.2, 0.25) is 0 Å². The summed E-state index contributed by atoms with van der Waals surface area (Å²) in [6.45, 7) is 6.04. The maximum absolute atomic E-state index is 12.5. The van der Waals surface area contributed by atoms with Crippen molar-refractivity contribution in [1.29, 1.82) is 0 Å². The van der Waals surface area contributed by atoms with Crippen LogP contribution in [0.15, 0.2) is 122 Å². The molecular weight excluding hydrogens is 661 g/mol. The van der Waals surface area contributed by atoms with Crippen molar-refractivity contribution in [3.63, 3.8) is 0 Å². The van der Waals surface area contributed by atoms with Crippen LogP contribution in [0.25, 0.3) is 0 Å². The molecule has 0 saturated carbocycles. The highest BCUT2D eigenvalue weighted by atomic mass is 16.6. The van der Waals surface area contributed by atoms with Gasteiger partial charge >= 0.3 is 17.9 Å². The quantitative estimate of drug-likeness (QED) is 0.0289. The Morgan fingerprint density at radius 3 is 1.15 bits per heavy atom. The van der Waals surface area contributed by atoms with E-state index in [1.807, 2.05) is 12.2 Å². The summed E-state index contributed by atoms with van der Waals surface area (Å²) >= 11 is 0.